The van der Waals surface area contributed by atoms with Crippen molar-refractivity contribution in [3.8, 4) is 17.3 Å². The number of hydrogen-bond acceptors (Lipinski definition) is 3. The summed E-state index contributed by atoms with van der Waals surface area (Å²) in [7, 11) is 0. The van der Waals surface area contributed by atoms with Gasteiger partial charge in [-0.2, -0.15) is 5.26 Å². The van der Waals surface area contributed by atoms with Gasteiger partial charge in [0.1, 0.15) is 17.5 Å². The van der Waals surface area contributed by atoms with Gasteiger partial charge in [-0.05, 0) is 12.5 Å². The molecule has 0 aliphatic rings. The molecular formula is C13H11N3O. The average Bonchev–Trinajstić information content (AvgIpc) is 2.67. The van der Waals surface area contributed by atoms with Crippen LogP contribution in [0.3, 0.4) is 0 Å². The fraction of sp³-hybridized carbons (Fsp3) is 0.0769. The van der Waals surface area contributed by atoms with E-state index in [4.69, 9.17) is 11.0 Å². The topological polar surface area (TPSA) is 82.7 Å². The van der Waals surface area contributed by atoms with E-state index in [0.29, 0.717) is 11.3 Å². The summed E-state index contributed by atoms with van der Waals surface area (Å²) in [6, 6.07) is 11.3. The van der Waals surface area contributed by atoms with Gasteiger partial charge in [-0.25, -0.2) is 0 Å². The van der Waals surface area contributed by atoms with Crippen LogP contribution in [0.5, 0.6) is 0 Å². The third-order valence-electron chi connectivity index (χ3n) is 2.56. The summed E-state index contributed by atoms with van der Waals surface area (Å²) in [6.45, 7) is 1.43. The van der Waals surface area contributed by atoms with E-state index in [1.54, 1.807) is 0 Å². The molecule has 84 valence electrons. The minimum atomic E-state index is -0.173. The summed E-state index contributed by atoms with van der Waals surface area (Å²) in [4.78, 5) is 14.5. The largest absolute Gasteiger partial charge is 0.384 e. The first kappa shape index (κ1) is 11.0. The number of nitrogen functional groups attached to an aromatic ring is 1. The Morgan fingerprint density at radius 3 is 2.53 bits per heavy atom. The van der Waals surface area contributed by atoms with E-state index in [0.717, 1.165) is 5.56 Å². The molecule has 4 nitrogen and oxygen atoms in total. The number of benzene rings is 1. The Morgan fingerprint density at radius 2 is 2.00 bits per heavy atom. The van der Waals surface area contributed by atoms with E-state index in [1.807, 2.05) is 36.4 Å². The third-order valence-corrected chi connectivity index (χ3v) is 2.56. The predicted molar refractivity (Wildman–Crippen MR) is 65.4 cm³/mol. The monoisotopic (exact) mass is 225 g/mol. The minimum absolute atomic E-state index is 0.173. The van der Waals surface area contributed by atoms with Crippen LogP contribution in [0.25, 0.3) is 11.3 Å². The molecular weight excluding hydrogens is 214 g/mol. The van der Waals surface area contributed by atoms with Crippen molar-refractivity contribution in [1.82, 2.24) is 4.98 Å². The molecule has 0 bridgehead atoms. The number of ketones is 1. The molecule has 0 aliphatic heterocycles. The third kappa shape index (κ3) is 1.79. The number of nitrogens with two attached hydrogens (primary N) is 1. The van der Waals surface area contributed by atoms with Gasteiger partial charge < -0.3 is 10.7 Å². The van der Waals surface area contributed by atoms with Gasteiger partial charge in [0.25, 0.3) is 0 Å². The number of aromatic nitrogens is 1. The lowest BCUT2D eigenvalue weighted by Gasteiger charge is -2.00. The van der Waals surface area contributed by atoms with Gasteiger partial charge in [0, 0.05) is 0 Å². The Kier molecular flexibility index (Phi) is 2.67. The second kappa shape index (κ2) is 4.14. The van der Waals surface area contributed by atoms with Crippen LogP contribution in [-0.4, -0.2) is 10.8 Å². The maximum Gasteiger partial charge on any atom is 0.163 e. The quantitative estimate of drug-likeness (QED) is 0.769. The Morgan fingerprint density at radius 1 is 1.35 bits per heavy atom. The lowest BCUT2D eigenvalue weighted by molar-refractivity contribution is 0.101. The zero-order valence-electron chi connectivity index (χ0n) is 9.32. The molecule has 0 radical (unpaired) electrons. The molecule has 0 spiro atoms. The number of Topliss-reactive ketones (excluding diaryl/α,β-unsaturated/α-hetero) is 1. The smallest absolute Gasteiger partial charge is 0.163 e. The molecule has 2 aromatic rings. The number of anilines is 1. The van der Waals surface area contributed by atoms with E-state index in [-0.39, 0.29) is 17.2 Å². The van der Waals surface area contributed by atoms with Crippen molar-refractivity contribution in [3.05, 3.63) is 41.5 Å². The summed E-state index contributed by atoms with van der Waals surface area (Å²) < 4.78 is 0. The molecule has 0 aliphatic carbocycles. The van der Waals surface area contributed by atoms with Crippen molar-refractivity contribution >= 4 is 11.6 Å². The van der Waals surface area contributed by atoms with Gasteiger partial charge in [-0.15, -0.1) is 0 Å². The lowest BCUT2D eigenvalue weighted by Crippen LogP contribution is -1.96. The number of hydrogen-bond donors (Lipinski definition) is 2. The van der Waals surface area contributed by atoms with Crippen LogP contribution in [-0.2, 0) is 0 Å². The number of rotatable bonds is 2. The van der Waals surface area contributed by atoms with Gasteiger partial charge in [-0.1, -0.05) is 30.3 Å². The number of nitrogens with one attached hydrogen (secondary N) is 1. The SMILES string of the molecule is CC(=O)c1c(-c2ccccc2)[nH]c(N)c1C#N. The summed E-state index contributed by atoms with van der Waals surface area (Å²) >= 11 is 0. The van der Waals surface area contributed by atoms with Crippen molar-refractivity contribution < 1.29 is 4.79 Å². The maximum atomic E-state index is 11.6. The molecule has 3 N–H and O–H groups in total. The van der Waals surface area contributed by atoms with Crippen LogP contribution in [0.2, 0.25) is 0 Å². The van der Waals surface area contributed by atoms with Crippen LogP contribution in [0.4, 0.5) is 5.82 Å². The van der Waals surface area contributed by atoms with Crippen molar-refractivity contribution in [1.29, 1.82) is 5.26 Å². The molecule has 0 amide bonds. The first-order valence-corrected chi connectivity index (χ1v) is 5.13. The normalized spacial score (nSPS) is 9.88. The van der Waals surface area contributed by atoms with Crippen molar-refractivity contribution in [2.45, 2.75) is 6.92 Å². The number of nitriles is 1. The molecule has 0 unspecified atom stereocenters. The summed E-state index contributed by atoms with van der Waals surface area (Å²) in [5.74, 6) is 0.0601. The van der Waals surface area contributed by atoms with Crippen LogP contribution in [0.1, 0.15) is 22.8 Å². The molecule has 0 saturated heterocycles. The highest BCUT2D eigenvalue weighted by atomic mass is 16.1. The van der Waals surface area contributed by atoms with Gasteiger partial charge in [0.05, 0.1) is 11.3 Å². The Bertz CT molecular complexity index is 606. The molecule has 1 aromatic carbocycles. The number of aromatic amines is 1. The van der Waals surface area contributed by atoms with Crippen LogP contribution < -0.4 is 5.73 Å². The van der Waals surface area contributed by atoms with E-state index < -0.39 is 0 Å². The molecule has 1 heterocycles. The second-order valence-electron chi connectivity index (χ2n) is 3.70. The van der Waals surface area contributed by atoms with Gasteiger partial charge in [0.2, 0.25) is 0 Å². The summed E-state index contributed by atoms with van der Waals surface area (Å²) in [5.41, 5.74) is 7.72. The molecule has 0 fully saturated rings. The fourth-order valence-electron chi connectivity index (χ4n) is 1.81. The minimum Gasteiger partial charge on any atom is -0.384 e. The summed E-state index contributed by atoms with van der Waals surface area (Å²) in [5, 5.41) is 9.01. The lowest BCUT2D eigenvalue weighted by atomic mass is 10.0. The number of H-pyrrole nitrogens is 1. The van der Waals surface area contributed by atoms with Crippen LogP contribution >= 0.6 is 0 Å². The van der Waals surface area contributed by atoms with E-state index in [1.165, 1.54) is 6.92 Å². The fourth-order valence-corrected chi connectivity index (χ4v) is 1.81. The second-order valence-corrected chi connectivity index (χ2v) is 3.70. The number of carbonyl (C=O) groups excluding carboxylic acids is 1. The van der Waals surface area contributed by atoms with Crippen LogP contribution in [0.15, 0.2) is 30.3 Å². The highest BCUT2D eigenvalue weighted by Gasteiger charge is 2.19. The van der Waals surface area contributed by atoms with E-state index in [9.17, 15) is 4.79 Å². The Balaban J connectivity index is 2.72. The van der Waals surface area contributed by atoms with Gasteiger partial charge in [0.15, 0.2) is 5.78 Å². The first-order valence-electron chi connectivity index (χ1n) is 5.13. The Labute approximate surface area is 98.7 Å². The first-order chi connectivity index (χ1) is 8.15. The average molecular weight is 225 g/mol. The van der Waals surface area contributed by atoms with Crippen molar-refractivity contribution in [2.24, 2.45) is 0 Å². The van der Waals surface area contributed by atoms with Crippen molar-refractivity contribution in [3.63, 3.8) is 0 Å². The van der Waals surface area contributed by atoms with Gasteiger partial charge in [-0.3, -0.25) is 4.79 Å². The van der Waals surface area contributed by atoms with Crippen molar-refractivity contribution in [2.75, 3.05) is 5.73 Å². The van der Waals surface area contributed by atoms with E-state index in [2.05, 4.69) is 4.98 Å². The number of carbonyl (C=O) groups is 1. The maximum absolute atomic E-state index is 11.6. The standard InChI is InChI=1S/C13H11N3O/c1-8(17)11-10(7-14)13(15)16-12(11)9-5-3-2-4-6-9/h2-6,16H,15H2,1H3. The predicted octanol–water partition coefficient (Wildman–Crippen LogP) is 2.34. The summed E-state index contributed by atoms with van der Waals surface area (Å²) in [6.07, 6.45) is 0. The highest BCUT2D eigenvalue weighted by Crippen LogP contribution is 2.29. The molecule has 1 aromatic heterocycles. The zero-order valence-corrected chi connectivity index (χ0v) is 9.32. The Hall–Kier alpha value is -2.54. The molecule has 4 heteroatoms. The molecule has 2 rings (SSSR count). The van der Waals surface area contributed by atoms with E-state index >= 15 is 0 Å². The highest BCUT2D eigenvalue weighted by molar-refractivity contribution is 6.04. The molecule has 0 saturated carbocycles. The molecule has 0 atom stereocenters. The van der Waals surface area contributed by atoms with Gasteiger partial charge >= 0.3 is 0 Å². The molecule has 17 heavy (non-hydrogen) atoms. The van der Waals surface area contributed by atoms with Crippen LogP contribution in [0, 0.1) is 11.3 Å². The number of nitrogens with zero attached hydrogens (tertiary/aromatic N) is 1. The zero-order chi connectivity index (χ0) is 12.4.